The molecule has 0 spiro atoms. The number of benzene rings is 1. The zero-order valence-corrected chi connectivity index (χ0v) is 12.4. The van der Waals surface area contributed by atoms with Crippen LogP contribution in [0.1, 0.15) is 32.3 Å². The van der Waals surface area contributed by atoms with E-state index in [0.717, 1.165) is 18.9 Å². The predicted molar refractivity (Wildman–Crippen MR) is 76.1 cm³/mol. The molecule has 0 bridgehead atoms. The third kappa shape index (κ3) is 3.40. The number of likely N-dealkylation sites (tertiary alicyclic amines) is 1. The van der Waals surface area contributed by atoms with Crippen molar-refractivity contribution in [2.45, 2.75) is 38.6 Å². The second-order valence-corrected chi connectivity index (χ2v) is 6.16. The lowest BCUT2D eigenvalue weighted by Gasteiger charge is -2.42. The van der Waals surface area contributed by atoms with Crippen LogP contribution in [0.25, 0.3) is 0 Å². The van der Waals surface area contributed by atoms with Crippen LogP contribution in [-0.2, 0) is 11.2 Å². The van der Waals surface area contributed by atoms with Crippen molar-refractivity contribution in [3.8, 4) is 0 Å². The van der Waals surface area contributed by atoms with Gasteiger partial charge in [0.05, 0.1) is 0 Å². The van der Waals surface area contributed by atoms with Crippen molar-refractivity contribution in [1.82, 2.24) is 4.90 Å². The van der Waals surface area contributed by atoms with E-state index in [2.05, 4.69) is 6.92 Å². The number of hydrogen-bond acceptors (Lipinski definition) is 2. The molecule has 0 amide bonds. The topological polar surface area (TPSA) is 40.5 Å². The molecule has 2 rings (SSSR count). The summed E-state index contributed by atoms with van der Waals surface area (Å²) in [5.74, 6) is -1.73. The summed E-state index contributed by atoms with van der Waals surface area (Å²) in [6.07, 6.45) is 1.91. The van der Waals surface area contributed by atoms with E-state index in [4.69, 9.17) is 0 Å². The lowest BCUT2D eigenvalue weighted by Crippen LogP contribution is -2.56. The van der Waals surface area contributed by atoms with Gasteiger partial charge in [-0.05, 0) is 50.4 Å². The molecule has 116 valence electrons. The molecule has 0 saturated carbocycles. The number of hydrogen-bond donors (Lipinski definition) is 1. The van der Waals surface area contributed by atoms with Gasteiger partial charge in [-0.15, -0.1) is 0 Å². The van der Waals surface area contributed by atoms with Gasteiger partial charge in [0, 0.05) is 12.5 Å². The Balaban J connectivity index is 2.23. The molecule has 3 nitrogen and oxygen atoms in total. The first kappa shape index (κ1) is 15.9. The van der Waals surface area contributed by atoms with E-state index in [1.54, 1.807) is 6.92 Å². The number of piperidine rings is 1. The Morgan fingerprint density at radius 1 is 1.38 bits per heavy atom. The van der Waals surface area contributed by atoms with Crippen molar-refractivity contribution in [3.63, 3.8) is 0 Å². The summed E-state index contributed by atoms with van der Waals surface area (Å²) in [5.41, 5.74) is -0.932. The van der Waals surface area contributed by atoms with E-state index in [1.165, 1.54) is 12.1 Å². The molecule has 1 heterocycles. The van der Waals surface area contributed by atoms with E-state index in [9.17, 15) is 18.7 Å². The standard InChI is InChI=1S/C16H21F2NO2/c1-11-5-7-19(8-6-11)16(2,15(20)21)10-12-3-4-13(17)9-14(12)18/h3-4,9,11H,5-8,10H2,1-2H3,(H,20,21). The number of halogens is 2. The largest absolute Gasteiger partial charge is 0.480 e. The fraction of sp³-hybridized carbons (Fsp3) is 0.562. The zero-order valence-electron chi connectivity index (χ0n) is 12.4. The van der Waals surface area contributed by atoms with Crippen LogP contribution in [0.4, 0.5) is 8.78 Å². The van der Waals surface area contributed by atoms with Gasteiger partial charge in [-0.25, -0.2) is 8.78 Å². The molecule has 1 unspecified atom stereocenters. The minimum atomic E-state index is -1.17. The maximum absolute atomic E-state index is 13.8. The first-order valence-electron chi connectivity index (χ1n) is 7.25. The van der Waals surface area contributed by atoms with Crippen molar-refractivity contribution < 1.29 is 18.7 Å². The average molecular weight is 297 g/mol. The molecule has 1 aromatic rings. The Kier molecular flexibility index (Phi) is 4.61. The van der Waals surface area contributed by atoms with Gasteiger partial charge in [0.2, 0.25) is 0 Å². The maximum atomic E-state index is 13.8. The summed E-state index contributed by atoms with van der Waals surface area (Å²) in [7, 11) is 0. The van der Waals surface area contributed by atoms with E-state index >= 15 is 0 Å². The summed E-state index contributed by atoms with van der Waals surface area (Å²) >= 11 is 0. The monoisotopic (exact) mass is 297 g/mol. The third-order valence-corrected chi connectivity index (χ3v) is 4.49. The van der Waals surface area contributed by atoms with Gasteiger partial charge in [-0.1, -0.05) is 13.0 Å². The van der Waals surface area contributed by atoms with Gasteiger partial charge in [0.25, 0.3) is 0 Å². The fourth-order valence-corrected chi connectivity index (χ4v) is 2.86. The minimum Gasteiger partial charge on any atom is -0.480 e. The third-order valence-electron chi connectivity index (χ3n) is 4.49. The number of rotatable bonds is 4. The van der Waals surface area contributed by atoms with Gasteiger partial charge in [-0.3, -0.25) is 9.69 Å². The fourth-order valence-electron chi connectivity index (χ4n) is 2.86. The van der Waals surface area contributed by atoms with Crippen LogP contribution < -0.4 is 0 Å². The second kappa shape index (κ2) is 6.10. The van der Waals surface area contributed by atoms with Crippen LogP contribution >= 0.6 is 0 Å². The molecule has 5 heteroatoms. The average Bonchev–Trinajstić information content (AvgIpc) is 2.42. The summed E-state index contributed by atoms with van der Waals surface area (Å²) in [6.45, 7) is 5.14. The molecule has 1 aromatic carbocycles. The van der Waals surface area contributed by atoms with Gasteiger partial charge in [-0.2, -0.15) is 0 Å². The van der Waals surface area contributed by atoms with Crippen LogP contribution in [0.3, 0.4) is 0 Å². The van der Waals surface area contributed by atoms with E-state index in [-0.39, 0.29) is 12.0 Å². The van der Waals surface area contributed by atoms with Crippen molar-refractivity contribution in [2.24, 2.45) is 5.92 Å². The van der Waals surface area contributed by atoms with Crippen molar-refractivity contribution >= 4 is 5.97 Å². The Morgan fingerprint density at radius 2 is 2.00 bits per heavy atom. The SMILES string of the molecule is CC1CCN(C(C)(Cc2ccc(F)cc2F)C(=O)O)CC1. The molecule has 1 aliphatic rings. The number of carboxylic acid groups (broad SMARTS) is 1. The molecule has 1 atom stereocenters. The molecule has 0 aliphatic carbocycles. The minimum absolute atomic E-state index is 0.0306. The maximum Gasteiger partial charge on any atom is 0.324 e. The van der Waals surface area contributed by atoms with E-state index in [1.807, 2.05) is 4.90 Å². The molecule has 21 heavy (non-hydrogen) atoms. The molecule has 1 fully saturated rings. The van der Waals surface area contributed by atoms with Crippen LogP contribution in [0.5, 0.6) is 0 Å². The lowest BCUT2D eigenvalue weighted by atomic mass is 9.87. The molecule has 0 radical (unpaired) electrons. The number of carbonyl (C=O) groups is 1. The molecular formula is C16H21F2NO2. The first-order chi connectivity index (χ1) is 9.83. The predicted octanol–water partition coefficient (Wildman–Crippen LogP) is 3.08. The Labute approximate surface area is 123 Å². The number of nitrogens with zero attached hydrogens (tertiary/aromatic N) is 1. The summed E-state index contributed by atoms with van der Waals surface area (Å²) in [5, 5.41) is 9.62. The lowest BCUT2D eigenvalue weighted by molar-refractivity contribution is -0.151. The van der Waals surface area contributed by atoms with Gasteiger partial charge >= 0.3 is 5.97 Å². The summed E-state index contributed by atoms with van der Waals surface area (Å²) in [4.78, 5) is 13.6. The van der Waals surface area contributed by atoms with Crippen LogP contribution in [0.2, 0.25) is 0 Å². The summed E-state index contributed by atoms with van der Waals surface area (Å²) < 4.78 is 26.8. The molecule has 0 aromatic heterocycles. The highest BCUT2D eigenvalue weighted by Gasteiger charge is 2.41. The number of aliphatic carboxylic acids is 1. The van der Waals surface area contributed by atoms with Gasteiger partial charge in [0.15, 0.2) is 0 Å². The highest BCUT2D eigenvalue weighted by molar-refractivity contribution is 5.78. The Morgan fingerprint density at radius 3 is 2.52 bits per heavy atom. The second-order valence-electron chi connectivity index (χ2n) is 6.16. The van der Waals surface area contributed by atoms with Crippen LogP contribution in [0, 0.1) is 17.6 Å². The quantitative estimate of drug-likeness (QED) is 0.928. The summed E-state index contributed by atoms with van der Waals surface area (Å²) in [6, 6.07) is 3.30. The van der Waals surface area contributed by atoms with Crippen LogP contribution in [0.15, 0.2) is 18.2 Å². The number of carboxylic acids is 1. The molecule has 1 saturated heterocycles. The normalized spacial score (nSPS) is 20.2. The van der Waals surface area contributed by atoms with Crippen LogP contribution in [-0.4, -0.2) is 34.6 Å². The van der Waals surface area contributed by atoms with Gasteiger partial charge in [0.1, 0.15) is 17.2 Å². The zero-order chi connectivity index (χ0) is 15.6. The van der Waals surface area contributed by atoms with E-state index < -0.39 is 23.1 Å². The Bertz CT molecular complexity index is 527. The highest BCUT2D eigenvalue weighted by Crippen LogP contribution is 2.28. The molecular weight excluding hydrogens is 276 g/mol. The van der Waals surface area contributed by atoms with E-state index in [0.29, 0.717) is 19.0 Å². The Hall–Kier alpha value is -1.49. The van der Waals surface area contributed by atoms with Gasteiger partial charge < -0.3 is 5.11 Å². The van der Waals surface area contributed by atoms with Crippen molar-refractivity contribution in [2.75, 3.05) is 13.1 Å². The first-order valence-corrected chi connectivity index (χ1v) is 7.25. The molecule has 1 N–H and O–H groups in total. The highest BCUT2D eigenvalue weighted by atomic mass is 19.1. The van der Waals surface area contributed by atoms with Crippen molar-refractivity contribution in [3.05, 3.63) is 35.4 Å². The van der Waals surface area contributed by atoms with Crippen molar-refractivity contribution in [1.29, 1.82) is 0 Å². The smallest absolute Gasteiger partial charge is 0.324 e. The molecule has 1 aliphatic heterocycles.